The minimum atomic E-state index is -3.24. The highest BCUT2D eigenvalue weighted by Crippen LogP contribution is 2.41. The molecule has 8 heteroatoms. The van der Waals surface area contributed by atoms with E-state index in [0.717, 1.165) is 18.4 Å². The number of para-hydroxylation sites is 1. The Morgan fingerprint density at radius 3 is 2.55 bits per heavy atom. The Bertz CT molecular complexity index is 1380. The standard InChI is InChI=1S/C25H25NO6S/c1-2-3-13-31-18-10-8-16(9-11-18)22-21-23(27)19-6-4-5-7-20(19)32-24(21)25(28)26(22)17-12-14-33(29,30)15-17/h4-11,17,22H,2-3,12-15H2,1H3. The Hall–Kier alpha value is -3.13. The number of carbonyl (C=O) groups excluding carboxylic acids is 1. The average molecular weight is 468 g/mol. The van der Waals surface area contributed by atoms with Crippen molar-refractivity contribution in [2.24, 2.45) is 0 Å². The summed E-state index contributed by atoms with van der Waals surface area (Å²) >= 11 is 0. The minimum absolute atomic E-state index is 0.00345. The van der Waals surface area contributed by atoms with Crippen LogP contribution in [-0.2, 0) is 9.84 Å². The lowest BCUT2D eigenvalue weighted by atomic mass is 9.97. The highest BCUT2D eigenvalue weighted by Gasteiger charge is 2.48. The van der Waals surface area contributed by atoms with Crippen LogP contribution in [0.2, 0.25) is 0 Å². The maximum Gasteiger partial charge on any atom is 0.291 e. The van der Waals surface area contributed by atoms with E-state index in [0.29, 0.717) is 29.7 Å². The molecular weight excluding hydrogens is 442 g/mol. The predicted octanol–water partition coefficient (Wildman–Crippen LogP) is 3.70. The van der Waals surface area contributed by atoms with Crippen molar-refractivity contribution in [3.05, 3.63) is 75.6 Å². The third-order valence-electron chi connectivity index (χ3n) is 6.38. The number of ether oxygens (including phenoxy) is 1. The Balaban J connectivity index is 1.62. The number of nitrogens with zero attached hydrogens (tertiary/aromatic N) is 1. The topological polar surface area (TPSA) is 93.9 Å². The van der Waals surface area contributed by atoms with E-state index in [1.54, 1.807) is 24.3 Å². The number of rotatable bonds is 6. The zero-order valence-corrected chi connectivity index (χ0v) is 19.1. The minimum Gasteiger partial charge on any atom is -0.494 e. The van der Waals surface area contributed by atoms with Crippen molar-refractivity contribution < 1.29 is 22.4 Å². The van der Waals surface area contributed by atoms with Gasteiger partial charge < -0.3 is 14.1 Å². The van der Waals surface area contributed by atoms with E-state index >= 15 is 0 Å². The summed E-state index contributed by atoms with van der Waals surface area (Å²) in [7, 11) is -3.24. The first-order valence-electron chi connectivity index (χ1n) is 11.2. The van der Waals surface area contributed by atoms with Crippen LogP contribution < -0.4 is 10.2 Å². The first-order valence-corrected chi connectivity index (χ1v) is 13.0. The Morgan fingerprint density at radius 1 is 1.09 bits per heavy atom. The van der Waals surface area contributed by atoms with Crippen LogP contribution in [0.3, 0.4) is 0 Å². The zero-order chi connectivity index (χ0) is 23.2. The largest absolute Gasteiger partial charge is 0.494 e. The van der Waals surface area contributed by atoms with Gasteiger partial charge in [0.05, 0.1) is 35.1 Å². The average Bonchev–Trinajstić information content (AvgIpc) is 3.31. The number of benzene rings is 2. The molecule has 172 valence electrons. The van der Waals surface area contributed by atoms with E-state index in [1.807, 2.05) is 24.3 Å². The molecule has 1 saturated heterocycles. The summed E-state index contributed by atoms with van der Waals surface area (Å²) in [4.78, 5) is 28.5. The molecule has 1 fully saturated rings. The summed E-state index contributed by atoms with van der Waals surface area (Å²) < 4.78 is 36.1. The molecule has 3 heterocycles. The van der Waals surface area contributed by atoms with Gasteiger partial charge in [-0.2, -0.15) is 0 Å². The normalized spacial score (nSPS) is 21.5. The van der Waals surface area contributed by atoms with Gasteiger partial charge in [-0.15, -0.1) is 0 Å². The van der Waals surface area contributed by atoms with Crippen LogP contribution in [0.4, 0.5) is 0 Å². The van der Waals surface area contributed by atoms with Crippen molar-refractivity contribution in [1.82, 2.24) is 4.90 Å². The molecule has 0 aliphatic carbocycles. The van der Waals surface area contributed by atoms with Gasteiger partial charge in [0, 0.05) is 6.04 Å². The van der Waals surface area contributed by atoms with Gasteiger partial charge in [-0.1, -0.05) is 37.6 Å². The number of unbranched alkanes of at least 4 members (excludes halogenated alkanes) is 1. The number of carbonyl (C=O) groups is 1. The van der Waals surface area contributed by atoms with Crippen molar-refractivity contribution in [1.29, 1.82) is 0 Å². The van der Waals surface area contributed by atoms with E-state index in [9.17, 15) is 18.0 Å². The monoisotopic (exact) mass is 467 g/mol. The molecule has 33 heavy (non-hydrogen) atoms. The summed E-state index contributed by atoms with van der Waals surface area (Å²) in [5.41, 5.74) is 1.06. The second-order valence-corrected chi connectivity index (χ2v) is 10.8. The Kier molecular flexibility index (Phi) is 5.48. The van der Waals surface area contributed by atoms with Gasteiger partial charge in [0.1, 0.15) is 11.3 Å². The number of sulfone groups is 1. The first-order chi connectivity index (χ1) is 15.9. The highest BCUT2D eigenvalue weighted by atomic mass is 32.2. The number of hydrogen-bond donors (Lipinski definition) is 0. The number of amides is 1. The highest BCUT2D eigenvalue weighted by molar-refractivity contribution is 7.91. The molecule has 2 unspecified atom stereocenters. The summed E-state index contributed by atoms with van der Waals surface area (Å²) in [6, 6.07) is 12.9. The van der Waals surface area contributed by atoms with Crippen LogP contribution in [0.5, 0.6) is 5.75 Å². The Labute approximate surface area is 191 Å². The van der Waals surface area contributed by atoms with Crippen molar-refractivity contribution in [2.45, 2.75) is 38.3 Å². The van der Waals surface area contributed by atoms with Gasteiger partial charge in [0.2, 0.25) is 5.76 Å². The predicted molar refractivity (Wildman–Crippen MR) is 124 cm³/mol. The fraction of sp³-hybridized carbons (Fsp3) is 0.360. The van der Waals surface area contributed by atoms with Gasteiger partial charge in [-0.25, -0.2) is 8.42 Å². The molecule has 5 rings (SSSR count). The molecule has 0 saturated carbocycles. The SMILES string of the molecule is CCCCOc1ccc(C2c3c(oc4ccccc4c3=O)C(=O)N2C2CCS(=O)(=O)C2)cc1. The molecule has 0 spiro atoms. The van der Waals surface area contributed by atoms with Crippen molar-refractivity contribution in [3.63, 3.8) is 0 Å². The lowest BCUT2D eigenvalue weighted by molar-refractivity contribution is 0.0662. The quantitative estimate of drug-likeness (QED) is 0.513. The second-order valence-electron chi connectivity index (χ2n) is 8.61. The van der Waals surface area contributed by atoms with E-state index < -0.39 is 27.8 Å². The smallest absolute Gasteiger partial charge is 0.291 e. The zero-order valence-electron chi connectivity index (χ0n) is 18.3. The molecule has 0 N–H and O–H groups in total. The van der Waals surface area contributed by atoms with E-state index in [4.69, 9.17) is 9.15 Å². The molecule has 2 aliphatic heterocycles. The van der Waals surface area contributed by atoms with Crippen LogP contribution in [0.25, 0.3) is 11.0 Å². The molecule has 0 bridgehead atoms. The van der Waals surface area contributed by atoms with Gasteiger partial charge >= 0.3 is 0 Å². The van der Waals surface area contributed by atoms with E-state index in [-0.39, 0.29) is 28.3 Å². The van der Waals surface area contributed by atoms with Crippen molar-refractivity contribution in [3.8, 4) is 5.75 Å². The maximum atomic E-state index is 13.5. The lowest BCUT2D eigenvalue weighted by Crippen LogP contribution is -2.40. The number of fused-ring (bicyclic) bond motifs is 2. The number of hydrogen-bond acceptors (Lipinski definition) is 6. The molecule has 2 aromatic carbocycles. The molecule has 2 atom stereocenters. The third-order valence-corrected chi connectivity index (χ3v) is 8.13. The fourth-order valence-electron chi connectivity index (χ4n) is 4.72. The van der Waals surface area contributed by atoms with Crippen LogP contribution in [0.15, 0.2) is 57.7 Å². The molecule has 7 nitrogen and oxygen atoms in total. The lowest BCUT2D eigenvalue weighted by Gasteiger charge is -2.30. The van der Waals surface area contributed by atoms with Crippen LogP contribution in [-0.4, -0.2) is 43.4 Å². The van der Waals surface area contributed by atoms with Crippen LogP contribution in [0, 0.1) is 0 Å². The van der Waals surface area contributed by atoms with Crippen molar-refractivity contribution in [2.75, 3.05) is 18.1 Å². The summed E-state index contributed by atoms with van der Waals surface area (Å²) in [5.74, 6) is 0.171. The van der Waals surface area contributed by atoms with E-state index in [2.05, 4.69) is 6.92 Å². The van der Waals surface area contributed by atoms with Crippen LogP contribution >= 0.6 is 0 Å². The van der Waals surface area contributed by atoms with Gasteiger partial charge in [0.25, 0.3) is 5.91 Å². The first kappa shape index (κ1) is 21.7. The third kappa shape index (κ3) is 3.82. The summed E-state index contributed by atoms with van der Waals surface area (Å²) in [6.07, 6.45) is 2.32. The van der Waals surface area contributed by atoms with Gasteiger partial charge in [-0.3, -0.25) is 9.59 Å². The molecule has 2 aliphatic rings. The van der Waals surface area contributed by atoms with E-state index in [1.165, 1.54) is 4.90 Å². The van der Waals surface area contributed by atoms with Crippen molar-refractivity contribution >= 4 is 26.7 Å². The molecule has 1 aromatic heterocycles. The molecular formula is C25H25NO6S. The summed E-state index contributed by atoms with van der Waals surface area (Å²) in [6.45, 7) is 2.70. The second kappa shape index (κ2) is 8.33. The molecule has 0 radical (unpaired) electrons. The Morgan fingerprint density at radius 2 is 1.85 bits per heavy atom. The molecule has 1 amide bonds. The summed E-state index contributed by atoms with van der Waals surface area (Å²) in [5, 5.41) is 0.398. The van der Waals surface area contributed by atoms with Gasteiger partial charge in [0.15, 0.2) is 15.3 Å². The fourth-order valence-corrected chi connectivity index (χ4v) is 6.43. The van der Waals surface area contributed by atoms with Gasteiger partial charge in [-0.05, 0) is 42.7 Å². The maximum absolute atomic E-state index is 13.5. The molecule has 3 aromatic rings. The van der Waals surface area contributed by atoms with Crippen LogP contribution in [0.1, 0.15) is 53.9 Å².